The van der Waals surface area contributed by atoms with Gasteiger partial charge >= 0.3 is 0 Å². The minimum absolute atomic E-state index is 0.0749. The molecule has 0 aromatic heterocycles. The molecule has 2 aromatic rings. The minimum Gasteiger partial charge on any atom is -0.325 e. The van der Waals surface area contributed by atoms with E-state index in [0.29, 0.717) is 25.1 Å². The van der Waals surface area contributed by atoms with Crippen molar-refractivity contribution in [2.24, 2.45) is 5.92 Å². The summed E-state index contributed by atoms with van der Waals surface area (Å²) in [5.74, 6) is -0.384. The average molecular weight is 508 g/mol. The Labute approximate surface area is 191 Å². The third kappa shape index (κ3) is 5.72. The van der Waals surface area contributed by atoms with Gasteiger partial charge in [-0.1, -0.05) is 29.8 Å². The lowest BCUT2D eigenvalue weighted by Crippen LogP contribution is -2.44. The summed E-state index contributed by atoms with van der Waals surface area (Å²) >= 11 is 3.35. The molecule has 0 bridgehead atoms. The summed E-state index contributed by atoms with van der Waals surface area (Å²) in [5.41, 5.74) is 2.12. The van der Waals surface area contributed by atoms with Gasteiger partial charge in [0.1, 0.15) is 6.04 Å². The van der Waals surface area contributed by atoms with E-state index in [-0.39, 0.29) is 16.7 Å². The first kappa shape index (κ1) is 23.4. The van der Waals surface area contributed by atoms with Gasteiger partial charge in [-0.3, -0.25) is 9.59 Å². The number of benzene rings is 2. The lowest BCUT2D eigenvalue weighted by atomic mass is 10.0. The van der Waals surface area contributed by atoms with Crippen LogP contribution in [-0.2, 0) is 26.0 Å². The summed E-state index contributed by atoms with van der Waals surface area (Å²) in [6.45, 7) is 5.88. The predicted octanol–water partition coefficient (Wildman–Crippen LogP) is 3.69. The van der Waals surface area contributed by atoms with Gasteiger partial charge < -0.3 is 10.2 Å². The molecule has 0 radical (unpaired) electrons. The molecule has 0 saturated heterocycles. The van der Waals surface area contributed by atoms with Gasteiger partial charge in [-0.05, 0) is 66.8 Å². The third-order valence-electron chi connectivity index (χ3n) is 5.07. The Bertz CT molecular complexity index is 1080. The highest BCUT2D eigenvalue weighted by Crippen LogP contribution is 2.30. The highest BCUT2D eigenvalue weighted by Gasteiger charge is 2.29. The minimum atomic E-state index is -3.93. The standard InChI is InChI=1S/C22H26BrN3O4S/c1-14(2)12-20(22(28)24-18-6-4-17(23)5-7-18)25-31(29,30)19-8-9-21-16(13-19)10-11-26(21)15(3)27/h4-9,13-14,20,25H,10-12H2,1-3H3,(H,24,28)/t20-/m0/s1. The maximum Gasteiger partial charge on any atom is 0.242 e. The number of halogens is 1. The van der Waals surface area contributed by atoms with Crippen LogP contribution in [0.3, 0.4) is 0 Å². The summed E-state index contributed by atoms with van der Waals surface area (Å²) in [7, 11) is -3.93. The molecule has 1 aliphatic heterocycles. The van der Waals surface area contributed by atoms with Gasteiger partial charge in [-0.25, -0.2) is 8.42 Å². The van der Waals surface area contributed by atoms with E-state index < -0.39 is 22.0 Å². The molecule has 0 saturated carbocycles. The molecule has 0 spiro atoms. The van der Waals surface area contributed by atoms with Crippen molar-refractivity contribution in [3.8, 4) is 0 Å². The number of carbonyl (C=O) groups is 2. The summed E-state index contributed by atoms with van der Waals surface area (Å²) in [6.07, 6.45) is 0.947. The number of hydrogen-bond acceptors (Lipinski definition) is 4. The lowest BCUT2D eigenvalue weighted by molar-refractivity contribution is -0.118. The lowest BCUT2D eigenvalue weighted by Gasteiger charge is -2.21. The fraction of sp³-hybridized carbons (Fsp3) is 0.364. The van der Waals surface area contributed by atoms with E-state index in [2.05, 4.69) is 26.0 Å². The van der Waals surface area contributed by atoms with E-state index in [9.17, 15) is 18.0 Å². The number of rotatable bonds is 7. The van der Waals surface area contributed by atoms with Gasteiger partial charge in [-0.15, -0.1) is 0 Å². The summed E-state index contributed by atoms with van der Waals surface area (Å²) < 4.78 is 29.6. The first-order chi connectivity index (χ1) is 14.6. The maximum atomic E-state index is 13.1. The van der Waals surface area contributed by atoms with Gasteiger partial charge in [0.15, 0.2) is 0 Å². The molecule has 7 nitrogen and oxygen atoms in total. The van der Waals surface area contributed by atoms with Gasteiger partial charge in [0, 0.05) is 29.3 Å². The van der Waals surface area contributed by atoms with Crippen LogP contribution in [0.25, 0.3) is 0 Å². The Hall–Kier alpha value is -2.23. The van der Waals surface area contributed by atoms with Crippen LogP contribution in [0.4, 0.5) is 11.4 Å². The molecule has 3 rings (SSSR count). The quantitative estimate of drug-likeness (QED) is 0.597. The van der Waals surface area contributed by atoms with Crippen molar-refractivity contribution in [1.82, 2.24) is 4.72 Å². The van der Waals surface area contributed by atoms with Crippen LogP contribution in [0, 0.1) is 5.92 Å². The van der Waals surface area contributed by atoms with Crippen LogP contribution in [0.15, 0.2) is 51.8 Å². The second-order valence-corrected chi connectivity index (χ2v) is 10.6. The molecule has 1 atom stereocenters. The Balaban J connectivity index is 1.81. The zero-order chi connectivity index (χ0) is 22.8. The topological polar surface area (TPSA) is 95.6 Å². The smallest absolute Gasteiger partial charge is 0.242 e. The molecule has 0 aliphatic carbocycles. The zero-order valence-electron chi connectivity index (χ0n) is 17.7. The number of carbonyl (C=O) groups excluding carboxylic acids is 2. The van der Waals surface area contributed by atoms with Crippen LogP contribution >= 0.6 is 15.9 Å². The van der Waals surface area contributed by atoms with Crippen molar-refractivity contribution in [2.45, 2.75) is 44.6 Å². The SMILES string of the molecule is CC(=O)N1CCc2cc(S(=O)(=O)N[C@@H](CC(C)C)C(=O)Nc3ccc(Br)cc3)ccc21. The molecule has 9 heteroatoms. The number of nitrogens with zero attached hydrogens (tertiary/aromatic N) is 1. The third-order valence-corrected chi connectivity index (χ3v) is 7.07. The van der Waals surface area contributed by atoms with Crippen molar-refractivity contribution < 1.29 is 18.0 Å². The monoisotopic (exact) mass is 507 g/mol. The van der Waals surface area contributed by atoms with Crippen LogP contribution < -0.4 is 14.9 Å². The van der Waals surface area contributed by atoms with Crippen molar-refractivity contribution in [2.75, 3.05) is 16.8 Å². The van der Waals surface area contributed by atoms with Gasteiger partial charge in [0.2, 0.25) is 21.8 Å². The van der Waals surface area contributed by atoms with Crippen LogP contribution in [0.1, 0.15) is 32.8 Å². The fourth-order valence-electron chi connectivity index (χ4n) is 3.57. The number of hydrogen-bond donors (Lipinski definition) is 2. The molecule has 2 N–H and O–H groups in total. The van der Waals surface area contributed by atoms with Crippen molar-refractivity contribution >= 4 is 49.1 Å². The summed E-state index contributed by atoms with van der Waals surface area (Å²) in [4.78, 5) is 26.3. The number of nitrogens with one attached hydrogen (secondary N) is 2. The number of anilines is 2. The Kier molecular flexibility index (Phi) is 7.18. The highest BCUT2D eigenvalue weighted by atomic mass is 79.9. The normalized spacial score (nSPS) is 14.4. The van der Waals surface area contributed by atoms with E-state index in [1.165, 1.54) is 13.0 Å². The second-order valence-electron chi connectivity index (χ2n) is 8.01. The average Bonchev–Trinajstić information content (AvgIpc) is 3.12. The Morgan fingerprint density at radius 2 is 1.81 bits per heavy atom. The van der Waals surface area contributed by atoms with Crippen LogP contribution in [0.2, 0.25) is 0 Å². The molecule has 2 amide bonds. The molecular weight excluding hydrogens is 482 g/mol. The summed E-state index contributed by atoms with van der Waals surface area (Å²) in [6, 6.07) is 10.9. The van der Waals surface area contributed by atoms with Gasteiger partial charge in [-0.2, -0.15) is 4.72 Å². The highest BCUT2D eigenvalue weighted by molar-refractivity contribution is 9.10. The van der Waals surface area contributed by atoms with Crippen molar-refractivity contribution in [3.63, 3.8) is 0 Å². The van der Waals surface area contributed by atoms with E-state index in [1.807, 2.05) is 13.8 Å². The number of fused-ring (bicyclic) bond motifs is 1. The molecule has 31 heavy (non-hydrogen) atoms. The number of sulfonamides is 1. The van der Waals surface area contributed by atoms with Gasteiger partial charge in [0.25, 0.3) is 0 Å². The molecule has 2 aromatic carbocycles. The fourth-order valence-corrected chi connectivity index (χ4v) is 5.09. The van der Waals surface area contributed by atoms with Crippen molar-refractivity contribution in [3.05, 3.63) is 52.5 Å². The second kappa shape index (κ2) is 9.50. The first-order valence-electron chi connectivity index (χ1n) is 10.1. The molecule has 166 valence electrons. The van der Waals surface area contributed by atoms with Crippen molar-refractivity contribution in [1.29, 1.82) is 0 Å². The van der Waals surface area contributed by atoms with E-state index >= 15 is 0 Å². The van der Waals surface area contributed by atoms with E-state index in [1.54, 1.807) is 41.3 Å². The molecule has 1 heterocycles. The largest absolute Gasteiger partial charge is 0.325 e. The van der Waals surface area contributed by atoms with E-state index in [0.717, 1.165) is 15.7 Å². The summed E-state index contributed by atoms with van der Waals surface area (Å²) in [5, 5.41) is 2.78. The predicted molar refractivity (Wildman–Crippen MR) is 125 cm³/mol. The molecule has 0 fully saturated rings. The van der Waals surface area contributed by atoms with Gasteiger partial charge in [0.05, 0.1) is 4.90 Å². The Morgan fingerprint density at radius 1 is 1.13 bits per heavy atom. The zero-order valence-corrected chi connectivity index (χ0v) is 20.1. The Morgan fingerprint density at radius 3 is 2.42 bits per heavy atom. The number of amides is 2. The molecule has 0 unspecified atom stereocenters. The van der Waals surface area contributed by atoms with Crippen LogP contribution in [0.5, 0.6) is 0 Å². The maximum absolute atomic E-state index is 13.1. The van der Waals surface area contributed by atoms with Crippen LogP contribution in [-0.4, -0.2) is 32.8 Å². The van der Waals surface area contributed by atoms with E-state index in [4.69, 9.17) is 0 Å². The molecular formula is C22H26BrN3O4S. The molecule has 1 aliphatic rings. The first-order valence-corrected chi connectivity index (χ1v) is 12.3.